The molecule has 0 atom stereocenters. The molecule has 122 valence electrons. The SMILES string of the molecule is O=C1NC(=Nc2cccc3ccccc23)S/C1=C\c1ccc(F)cc1. The number of hydrogen-bond donors (Lipinski definition) is 1. The quantitative estimate of drug-likeness (QED) is 0.671. The second kappa shape index (κ2) is 6.53. The normalized spacial score (nSPS) is 17.4. The maximum atomic E-state index is 13.0. The van der Waals surface area contributed by atoms with Crippen molar-refractivity contribution < 1.29 is 9.18 Å². The number of thioether (sulfide) groups is 1. The van der Waals surface area contributed by atoms with E-state index in [1.165, 1.54) is 23.9 Å². The van der Waals surface area contributed by atoms with Gasteiger partial charge in [-0.1, -0.05) is 48.5 Å². The molecular weight excluding hydrogens is 335 g/mol. The molecule has 4 rings (SSSR count). The van der Waals surface area contributed by atoms with Gasteiger partial charge in [0.15, 0.2) is 5.17 Å². The number of hydrogen-bond acceptors (Lipinski definition) is 3. The van der Waals surface area contributed by atoms with Gasteiger partial charge < -0.3 is 5.32 Å². The van der Waals surface area contributed by atoms with Crippen molar-refractivity contribution in [2.75, 3.05) is 0 Å². The number of nitrogens with one attached hydrogen (secondary N) is 1. The zero-order valence-electron chi connectivity index (χ0n) is 13.1. The molecule has 1 N–H and O–H groups in total. The maximum Gasteiger partial charge on any atom is 0.264 e. The van der Waals surface area contributed by atoms with Gasteiger partial charge in [0, 0.05) is 5.39 Å². The van der Waals surface area contributed by atoms with Crippen LogP contribution < -0.4 is 5.32 Å². The van der Waals surface area contributed by atoms with Gasteiger partial charge in [-0.05, 0) is 47.0 Å². The third-order valence-corrected chi connectivity index (χ3v) is 4.72. The minimum atomic E-state index is -0.302. The van der Waals surface area contributed by atoms with Gasteiger partial charge in [-0.2, -0.15) is 0 Å². The summed E-state index contributed by atoms with van der Waals surface area (Å²) in [6, 6.07) is 19.9. The van der Waals surface area contributed by atoms with Gasteiger partial charge in [-0.3, -0.25) is 4.79 Å². The van der Waals surface area contributed by atoms with Crippen LogP contribution in [0.25, 0.3) is 16.8 Å². The standard InChI is InChI=1S/C20H13FN2OS/c21-15-10-8-13(9-11-15)12-18-19(24)23-20(25-18)22-17-7-3-5-14-4-1-2-6-16(14)17/h1-12H,(H,22,23,24)/b18-12-. The summed E-state index contributed by atoms with van der Waals surface area (Å²) in [4.78, 5) is 17.3. The van der Waals surface area contributed by atoms with Crippen LogP contribution in [0.3, 0.4) is 0 Å². The van der Waals surface area contributed by atoms with Crippen LogP contribution in [0.5, 0.6) is 0 Å². The molecule has 25 heavy (non-hydrogen) atoms. The fourth-order valence-corrected chi connectivity index (χ4v) is 3.44. The summed E-state index contributed by atoms with van der Waals surface area (Å²) in [6.45, 7) is 0. The van der Waals surface area contributed by atoms with E-state index < -0.39 is 0 Å². The number of amidine groups is 1. The molecule has 3 aromatic carbocycles. The van der Waals surface area contributed by atoms with E-state index in [9.17, 15) is 9.18 Å². The van der Waals surface area contributed by atoms with E-state index in [1.807, 2.05) is 42.5 Å². The number of halogens is 1. The minimum absolute atomic E-state index is 0.201. The van der Waals surface area contributed by atoms with Gasteiger partial charge in [-0.15, -0.1) is 0 Å². The smallest absolute Gasteiger partial charge is 0.264 e. The fraction of sp³-hybridized carbons (Fsp3) is 0. The molecule has 1 amide bonds. The van der Waals surface area contributed by atoms with Crippen LogP contribution in [0.2, 0.25) is 0 Å². The average molecular weight is 348 g/mol. The molecular formula is C20H13FN2OS. The van der Waals surface area contributed by atoms with Crippen LogP contribution in [0.15, 0.2) is 76.6 Å². The number of fused-ring (bicyclic) bond motifs is 1. The minimum Gasteiger partial charge on any atom is -0.300 e. The highest BCUT2D eigenvalue weighted by molar-refractivity contribution is 8.18. The molecule has 1 saturated heterocycles. The Morgan fingerprint density at radius 3 is 2.56 bits per heavy atom. The Bertz CT molecular complexity index is 1020. The van der Waals surface area contributed by atoms with Crippen LogP contribution in [-0.2, 0) is 4.79 Å². The van der Waals surface area contributed by atoms with Crippen LogP contribution in [0.4, 0.5) is 10.1 Å². The molecule has 3 nitrogen and oxygen atoms in total. The average Bonchev–Trinajstić information content (AvgIpc) is 2.96. The maximum absolute atomic E-state index is 13.0. The van der Waals surface area contributed by atoms with E-state index in [-0.39, 0.29) is 11.7 Å². The molecule has 1 aliphatic rings. The second-order valence-electron chi connectivity index (χ2n) is 5.53. The highest BCUT2D eigenvalue weighted by Gasteiger charge is 2.23. The largest absolute Gasteiger partial charge is 0.300 e. The van der Waals surface area contributed by atoms with Crippen molar-refractivity contribution in [2.45, 2.75) is 0 Å². The lowest BCUT2D eigenvalue weighted by atomic mass is 10.1. The number of nitrogens with zero attached hydrogens (tertiary/aromatic N) is 1. The Balaban J connectivity index is 1.65. The lowest BCUT2D eigenvalue weighted by Crippen LogP contribution is -2.19. The molecule has 1 fully saturated rings. The van der Waals surface area contributed by atoms with Crippen molar-refractivity contribution in [3.63, 3.8) is 0 Å². The van der Waals surface area contributed by atoms with E-state index in [1.54, 1.807) is 18.2 Å². The van der Waals surface area contributed by atoms with E-state index in [0.717, 1.165) is 22.0 Å². The molecule has 0 bridgehead atoms. The Hall–Kier alpha value is -2.92. The van der Waals surface area contributed by atoms with Gasteiger partial charge in [0.25, 0.3) is 5.91 Å². The number of carbonyl (C=O) groups excluding carboxylic acids is 1. The summed E-state index contributed by atoms with van der Waals surface area (Å²) >= 11 is 1.28. The summed E-state index contributed by atoms with van der Waals surface area (Å²) in [7, 11) is 0. The monoisotopic (exact) mass is 348 g/mol. The number of amides is 1. The predicted molar refractivity (Wildman–Crippen MR) is 101 cm³/mol. The molecule has 5 heteroatoms. The van der Waals surface area contributed by atoms with Gasteiger partial charge in [-0.25, -0.2) is 9.38 Å². The van der Waals surface area contributed by atoms with Crippen molar-refractivity contribution in [3.8, 4) is 0 Å². The Morgan fingerprint density at radius 2 is 1.72 bits per heavy atom. The third kappa shape index (κ3) is 3.32. The predicted octanol–water partition coefficient (Wildman–Crippen LogP) is 4.87. The van der Waals surface area contributed by atoms with Crippen LogP contribution in [-0.4, -0.2) is 11.1 Å². The van der Waals surface area contributed by atoms with Crippen LogP contribution in [0.1, 0.15) is 5.56 Å². The summed E-state index contributed by atoms with van der Waals surface area (Å²) in [5, 5.41) is 5.45. The van der Waals surface area contributed by atoms with Crippen molar-refractivity contribution in [3.05, 3.63) is 83.0 Å². The third-order valence-electron chi connectivity index (χ3n) is 3.81. The zero-order valence-corrected chi connectivity index (χ0v) is 13.9. The summed E-state index contributed by atoms with van der Waals surface area (Å²) in [6.07, 6.45) is 1.73. The van der Waals surface area contributed by atoms with Crippen molar-refractivity contribution in [1.82, 2.24) is 5.32 Å². The molecule has 0 spiro atoms. The lowest BCUT2D eigenvalue weighted by Gasteiger charge is -2.02. The first-order valence-electron chi connectivity index (χ1n) is 7.72. The van der Waals surface area contributed by atoms with Crippen LogP contribution in [0, 0.1) is 5.82 Å². The zero-order chi connectivity index (χ0) is 17.2. The molecule has 0 aliphatic carbocycles. The van der Waals surface area contributed by atoms with Gasteiger partial charge in [0.05, 0.1) is 10.6 Å². The first-order chi connectivity index (χ1) is 12.2. The number of benzene rings is 3. The lowest BCUT2D eigenvalue weighted by molar-refractivity contribution is -0.115. The highest BCUT2D eigenvalue weighted by atomic mass is 32.2. The van der Waals surface area contributed by atoms with Gasteiger partial charge in [0.1, 0.15) is 5.82 Å². The van der Waals surface area contributed by atoms with Gasteiger partial charge in [0.2, 0.25) is 0 Å². The van der Waals surface area contributed by atoms with Crippen LogP contribution >= 0.6 is 11.8 Å². The molecule has 0 unspecified atom stereocenters. The molecule has 1 aliphatic heterocycles. The topological polar surface area (TPSA) is 41.5 Å². The summed E-state index contributed by atoms with van der Waals surface area (Å²) in [5.74, 6) is -0.503. The molecule has 1 heterocycles. The van der Waals surface area contributed by atoms with Crippen molar-refractivity contribution >= 4 is 45.4 Å². The molecule has 0 radical (unpaired) electrons. The summed E-state index contributed by atoms with van der Waals surface area (Å²) < 4.78 is 13.0. The fourth-order valence-electron chi connectivity index (χ4n) is 2.61. The van der Waals surface area contributed by atoms with Gasteiger partial charge >= 0.3 is 0 Å². The van der Waals surface area contributed by atoms with E-state index in [4.69, 9.17) is 0 Å². The molecule has 3 aromatic rings. The second-order valence-corrected chi connectivity index (χ2v) is 6.56. The Morgan fingerprint density at radius 1 is 0.960 bits per heavy atom. The first-order valence-corrected chi connectivity index (χ1v) is 8.54. The number of carbonyl (C=O) groups is 1. The van der Waals surface area contributed by atoms with Crippen molar-refractivity contribution in [1.29, 1.82) is 0 Å². The Labute approximate surface area is 148 Å². The van der Waals surface area contributed by atoms with E-state index in [0.29, 0.717) is 10.1 Å². The Kier molecular flexibility index (Phi) is 4.07. The number of aliphatic imine (C=N–C) groups is 1. The molecule has 0 saturated carbocycles. The number of rotatable bonds is 2. The molecule has 0 aromatic heterocycles. The van der Waals surface area contributed by atoms with E-state index >= 15 is 0 Å². The first kappa shape index (κ1) is 15.6. The highest BCUT2D eigenvalue weighted by Crippen LogP contribution is 2.31. The summed E-state index contributed by atoms with van der Waals surface area (Å²) in [5.41, 5.74) is 1.58. The van der Waals surface area contributed by atoms with Crippen molar-refractivity contribution in [2.24, 2.45) is 4.99 Å². The van der Waals surface area contributed by atoms with E-state index in [2.05, 4.69) is 10.3 Å².